The number of rotatable bonds is 9. The van der Waals surface area contributed by atoms with Gasteiger partial charge < -0.3 is 9.30 Å². The maximum absolute atomic E-state index is 13.2. The van der Waals surface area contributed by atoms with E-state index >= 15 is 0 Å². The van der Waals surface area contributed by atoms with E-state index in [0.717, 1.165) is 17.9 Å². The predicted molar refractivity (Wildman–Crippen MR) is 121 cm³/mol. The Hall–Kier alpha value is -1.78. The van der Waals surface area contributed by atoms with Crippen LogP contribution in [-0.4, -0.2) is 65.8 Å². The number of aromatic nitrogens is 2. The highest BCUT2D eigenvalue weighted by Crippen LogP contribution is 2.38. The molecule has 1 aliphatic carbocycles. The van der Waals surface area contributed by atoms with Crippen molar-refractivity contribution in [2.75, 3.05) is 45.3 Å². The molecule has 10 heteroatoms. The molecule has 1 aromatic carbocycles. The first kappa shape index (κ1) is 24.9. The molecule has 0 radical (unpaired) electrons. The van der Waals surface area contributed by atoms with Crippen molar-refractivity contribution in [2.24, 2.45) is 11.8 Å². The molecule has 0 unspecified atom stereocenters. The van der Waals surface area contributed by atoms with Crippen LogP contribution in [0.2, 0.25) is 0 Å². The van der Waals surface area contributed by atoms with Crippen molar-refractivity contribution in [3.63, 3.8) is 0 Å². The van der Waals surface area contributed by atoms with Gasteiger partial charge in [0.25, 0.3) is 0 Å². The Morgan fingerprint density at radius 1 is 1.28 bits per heavy atom. The van der Waals surface area contributed by atoms with Crippen LogP contribution in [0.3, 0.4) is 0 Å². The molecule has 6 nitrogen and oxygen atoms in total. The van der Waals surface area contributed by atoms with Gasteiger partial charge in [-0.15, -0.1) is 0 Å². The van der Waals surface area contributed by atoms with Gasteiger partial charge in [0, 0.05) is 25.1 Å². The van der Waals surface area contributed by atoms with Crippen molar-refractivity contribution in [3.05, 3.63) is 29.6 Å². The molecule has 0 N–H and O–H groups in total. The summed E-state index contributed by atoms with van der Waals surface area (Å²) in [7, 11) is 2.34. The van der Waals surface area contributed by atoms with E-state index in [0.29, 0.717) is 42.7 Å². The molecule has 32 heavy (non-hydrogen) atoms. The molecular formula is C22H32F3N3O3S. The second-order valence-corrected chi connectivity index (χ2v) is 13.8. The van der Waals surface area contributed by atoms with Gasteiger partial charge in [-0.1, -0.05) is 0 Å². The fraction of sp³-hybridized carbons (Fsp3) is 0.636. The second-order valence-electron chi connectivity index (χ2n) is 9.25. The molecule has 0 saturated heterocycles. The lowest BCUT2D eigenvalue weighted by Gasteiger charge is -2.35. The molecule has 1 fully saturated rings. The molecule has 1 aliphatic rings. The number of amides is 1. The minimum Gasteiger partial charge on any atom is -0.360 e. The molecule has 1 saturated carbocycles. The summed E-state index contributed by atoms with van der Waals surface area (Å²) in [6.45, 7) is 0.830. The number of carbonyl (C=O) groups is 1. The SMILES string of the molecule is CON(C)C(=O)C1CC(Cc2nc3cc(C(F)(F)F)ccc3n2COCCS(C)(C)C)C1. The number of halogens is 3. The number of hydroxylamine groups is 2. The molecular weight excluding hydrogens is 443 g/mol. The van der Waals surface area contributed by atoms with E-state index in [-0.39, 0.29) is 24.5 Å². The van der Waals surface area contributed by atoms with Gasteiger partial charge >= 0.3 is 6.18 Å². The average molecular weight is 476 g/mol. The lowest BCUT2D eigenvalue weighted by atomic mass is 9.72. The largest absolute Gasteiger partial charge is 0.416 e. The Morgan fingerprint density at radius 3 is 2.56 bits per heavy atom. The van der Waals surface area contributed by atoms with E-state index in [9.17, 15) is 18.0 Å². The van der Waals surface area contributed by atoms with Crippen LogP contribution in [0.15, 0.2) is 18.2 Å². The summed E-state index contributed by atoms with van der Waals surface area (Å²) in [5.41, 5.74) is 0.225. The second kappa shape index (κ2) is 9.61. The van der Waals surface area contributed by atoms with Gasteiger partial charge in [-0.05, 0) is 55.7 Å². The third kappa shape index (κ3) is 5.96. The molecule has 180 valence electrons. The lowest BCUT2D eigenvalue weighted by Crippen LogP contribution is -2.40. The van der Waals surface area contributed by atoms with Crippen LogP contribution in [0.25, 0.3) is 11.0 Å². The maximum atomic E-state index is 13.2. The van der Waals surface area contributed by atoms with Crippen LogP contribution in [0.1, 0.15) is 24.2 Å². The van der Waals surface area contributed by atoms with E-state index in [1.807, 2.05) is 4.57 Å². The van der Waals surface area contributed by atoms with Gasteiger partial charge in [-0.3, -0.25) is 9.63 Å². The molecule has 1 amide bonds. The van der Waals surface area contributed by atoms with Crippen molar-refractivity contribution in [1.82, 2.24) is 14.6 Å². The van der Waals surface area contributed by atoms with E-state index in [4.69, 9.17) is 9.57 Å². The standard InChI is InChI=1S/C22H32F3N3O3S/c1-27(30-2)21(29)16-10-15(11-16)12-20-26-18-13-17(22(23,24)25)6-7-19(18)28(20)14-31-8-9-32(3,4)5/h6-7,13,15-16H,8-12,14H2,1-5H3. The summed E-state index contributed by atoms with van der Waals surface area (Å²) in [5.74, 6) is 1.74. The Kier molecular flexibility index (Phi) is 7.46. The zero-order valence-corrected chi connectivity index (χ0v) is 20.1. The minimum absolute atomic E-state index is 0.0555. The van der Waals surface area contributed by atoms with Gasteiger partial charge in [-0.25, -0.2) is 20.1 Å². The van der Waals surface area contributed by atoms with Gasteiger partial charge in [0.15, 0.2) is 0 Å². The van der Waals surface area contributed by atoms with Crippen molar-refractivity contribution >= 4 is 27.0 Å². The van der Waals surface area contributed by atoms with Crippen LogP contribution in [0.5, 0.6) is 0 Å². The molecule has 0 atom stereocenters. The number of benzene rings is 1. The van der Waals surface area contributed by atoms with Crippen molar-refractivity contribution in [2.45, 2.75) is 32.2 Å². The Labute approximate surface area is 188 Å². The third-order valence-electron chi connectivity index (χ3n) is 5.86. The van der Waals surface area contributed by atoms with Crippen molar-refractivity contribution in [1.29, 1.82) is 0 Å². The number of ether oxygens (including phenoxy) is 1. The van der Waals surface area contributed by atoms with Gasteiger partial charge in [0.05, 0.1) is 30.3 Å². The van der Waals surface area contributed by atoms with Gasteiger partial charge in [-0.2, -0.15) is 13.2 Å². The number of imidazole rings is 1. The van der Waals surface area contributed by atoms with E-state index in [2.05, 4.69) is 23.8 Å². The Morgan fingerprint density at radius 2 is 1.97 bits per heavy atom. The molecule has 0 spiro atoms. The van der Waals surface area contributed by atoms with E-state index in [1.54, 1.807) is 7.05 Å². The van der Waals surface area contributed by atoms with Crippen LogP contribution in [0, 0.1) is 11.8 Å². The molecule has 1 heterocycles. The molecule has 2 aromatic rings. The maximum Gasteiger partial charge on any atom is 0.416 e. The zero-order valence-electron chi connectivity index (χ0n) is 19.2. The van der Waals surface area contributed by atoms with Crippen molar-refractivity contribution in [3.8, 4) is 0 Å². The Bertz CT molecular complexity index is 950. The lowest BCUT2D eigenvalue weighted by molar-refractivity contribution is -0.177. The minimum atomic E-state index is -4.42. The van der Waals surface area contributed by atoms with Gasteiger partial charge in [0.2, 0.25) is 5.91 Å². The van der Waals surface area contributed by atoms with Crippen molar-refractivity contribution < 1.29 is 27.5 Å². The Balaban J connectivity index is 1.76. The summed E-state index contributed by atoms with van der Waals surface area (Å²) < 4.78 is 47.2. The number of hydrogen-bond donors (Lipinski definition) is 0. The summed E-state index contributed by atoms with van der Waals surface area (Å²) in [4.78, 5) is 21.7. The highest BCUT2D eigenvalue weighted by molar-refractivity contribution is 8.32. The van der Waals surface area contributed by atoms with E-state index < -0.39 is 21.8 Å². The van der Waals surface area contributed by atoms with Gasteiger partial charge in [0.1, 0.15) is 12.6 Å². The quantitative estimate of drug-likeness (QED) is 0.401. The molecule has 0 aliphatic heterocycles. The highest BCUT2D eigenvalue weighted by Gasteiger charge is 2.37. The number of fused-ring (bicyclic) bond motifs is 1. The van der Waals surface area contributed by atoms with Crippen LogP contribution < -0.4 is 0 Å². The van der Waals surface area contributed by atoms with E-state index in [1.165, 1.54) is 18.2 Å². The number of carbonyl (C=O) groups excluding carboxylic acids is 1. The molecule has 3 rings (SSSR count). The zero-order chi connectivity index (χ0) is 23.7. The topological polar surface area (TPSA) is 56.6 Å². The first-order valence-electron chi connectivity index (χ1n) is 10.5. The van der Waals surface area contributed by atoms with Crippen LogP contribution in [-0.2, 0) is 33.7 Å². The summed E-state index contributed by atoms with van der Waals surface area (Å²) in [6, 6.07) is 3.64. The molecule has 0 bridgehead atoms. The third-order valence-corrected chi connectivity index (χ3v) is 7.25. The van der Waals surface area contributed by atoms with Crippen LogP contribution >= 0.6 is 10.0 Å². The number of hydrogen-bond acceptors (Lipinski definition) is 4. The normalized spacial score (nSPS) is 19.8. The average Bonchev–Trinajstić information content (AvgIpc) is 3.01. The first-order valence-corrected chi connectivity index (χ1v) is 13.5. The summed E-state index contributed by atoms with van der Waals surface area (Å²) in [5, 5.41) is 1.24. The fourth-order valence-corrected chi connectivity index (χ4v) is 4.45. The fourth-order valence-electron chi connectivity index (χ4n) is 3.83. The monoisotopic (exact) mass is 475 g/mol. The summed E-state index contributed by atoms with van der Waals surface area (Å²) >= 11 is 0. The number of alkyl halides is 3. The predicted octanol–water partition coefficient (Wildman–Crippen LogP) is 4.31. The smallest absolute Gasteiger partial charge is 0.360 e. The molecule has 1 aromatic heterocycles. The van der Waals surface area contributed by atoms with Crippen LogP contribution in [0.4, 0.5) is 13.2 Å². The number of nitrogens with zero attached hydrogens (tertiary/aromatic N) is 3. The summed E-state index contributed by atoms with van der Waals surface area (Å²) in [6.07, 6.45) is 4.21. The highest BCUT2D eigenvalue weighted by atomic mass is 32.3. The first-order chi connectivity index (χ1) is 14.9.